The second kappa shape index (κ2) is 18.1. The summed E-state index contributed by atoms with van der Waals surface area (Å²) in [5.74, 6) is 0.0355. The van der Waals surface area contributed by atoms with Crippen molar-refractivity contribution >= 4 is 17.2 Å². The Bertz CT molecular complexity index is 1110. The number of carbonyl (C=O) groups is 1. The quantitative estimate of drug-likeness (QED) is 0.194. The average Bonchev–Trinajstić information content (AvgIpc) is 3.38. The van der Waals surface area contributed by atoms with Gasteiger partial charge >= 0.3 is 6.61 Å². The molecule has 0 spiro atoms. The number of nitrogens with zero attached hydrogens (tertiary/aromatic N) is 1. The third-order valence-corrected chi connectivity index (χ3v) is 6.06. The van der Waals surface area contributed by atoms with Crippen LogP contribution in [0.15, 0.2) is 90.7 Å². The normalized spacial score (nSPS) is 10.9. The smallest absolute Gasteiger partial charge is 0.387 e. The van der Waals surface area contributed by atoms with Crippen molar-refractivity contribution in [2.45, 2.75) is 61.1 Å². The highest BCUT2D eigenvalue weighted by molar-refractivity contribution is 7.15. The van der Waals surface area contributed by atoms with Crippen LogP contribution in [0.3, 0.4) is 0 Å². The Morgan fingerprint density at radius 3 is 2.22 bits per heavy atom. The van der Waals surface area contributed by atoms with E-state index in [1.165, 1.54) is 17.0 Å². The molecule has 0 N–H and O–H groups in total. The first-order valence-electron chi connectivity index (χ1n) is 12.7. The fourth-order valence-electron chi connectivity index (χ4n) is 3.43. The van der Waals surface area contributed by atoms with E-state index in [1.807, 2.05) is 101 Å². The molecule has 3 nitrogen and oxygen atoms in total. The summed E-state index contributed by atoms with van der Waals surface area (Å²) in [7, 11) is 0. The minimum atomic E-state index is -2.87. The molecule has 200 valence electrons. The van der Waals surface area contributed by atoms with E-state index in [1.54, 1.807) is 29.2 Å². The summed E-state index contributed by atoms with van der Waals surface area (Å²) < 4.78 is 29.4. The van der Waals surface area contributed by atoms with Crippen molar-refractivity contribution in [2.24, 2.45) is 0 Å². The molecule has 1 amide bonds. The number of aryl methyl sites for hydroxylation is 1. The van der Waals surface area contributed by atoms with Crippen LogP contribution in [-0.2, 0) is 11.3 Å². The zero-order chi connectivity index (χ0) is 27.6. The summed E-state index contributed by atoms with van der Waals surface area (Å²) in [6.07, 6.45) is 5.24. The largest absolute Gasteiger partial charge is 0.435 e. The minimum Gasteiger partial charge on any atom is -0.435 e. The first kappa shape index (κ1) is 31.8. The molecule has 0 aliphatic heterocycles. The Kier molecular flexibility index (Phi) is 15.5. The van der Waals surface area contributed by atoms with Crippen LogP contribution < -0.4 is 0 Å². The molecule has 37 heavy (non-hydrogen) atoms. The maximum Gasteiger partial charge on any atom is 0.387 e. The number of carbonyl (C=O) groups excluding carboxylic acids is 1. The number of allylic oxidation sites excluding steroid dienone is 2. The lowest BCUT2D eigenvalue weighted by molar-refractivity contribution is -0.0921. The predicted molar refractivity (Wildman–Crippen MR) is 153 cm³/mol. The molecular formula is C31H39F2NO2S. The van der Waals surface area contributed by atoms with Crippen molar-refractivity contribution in [3.63, 3.8) is 0 Å². The van der Waals surface area contributed by atoms with Crippen molar-refractivity contribution < 1.29 is 18.3 Å². The standard InChI is InChI=1S/C27H27F2NO2S.2C2H6/c1-3-22(32-27(28)29)13-9-10-18-30(19-21-11-5-4-6-12-21)26(31)24-15-8-7-14-23(24)25-17-16-20(2)33-25;2*1-2/h3-9,11-17,27H,10,18-19H2,1-2H3;2*1-2H3/b13-9-,22-3+;;. The number of rotatable bonds is 10. The molecule has 0 atom stereocenters. The SMILES string of the molecule is C/C=C(\C=C/CCN(Cc1ccccc1)C(=O)c1ccccc1-c1ccc(C)s1)OC(F)F.CC.CC. The zero-order valence-electron chi connectivity index (χ0n) is 22.7. The van der Waals surface area contributed by atoms with Crippen molar-refractivity contribution in [1.29, 1.82) is 0 Å². The van der Waals surface area contributed by atoms with Gasteiger partial charge in [0.1, 0.15) is 5.76 Å². The van der Waals surface area contributed by atoms with E-state index in [-0.39, 0.29) is 11.7 Å². The number of benzene rings is 2. The van der Waals surface area contributed by atoms with Crippen molar-refractivity contribution in [1.82, 2.24) is 4.90 Å². The average molecular weight is 528 g/mol. The molecule has 0 saturated carbocycles. The lowest BCUT2D eigenvalue weighted by atomic mass is 10.0. The van der Waals surface area contributed by atoms with Crippen LogP contribution in [0.4, 0.5) is 8.78 Å². The van der Waals surface area contributed by atoms with E-state index < -0.39 is 6.61 Å². The first-order valence-corrected chi connectivity index (χ1v) is 13.6. The molecule has 0 bridgehead atoms. The number of hydrogen-bond donors (Lipinski definition) is 0. The van der Waals surface area contributed by atoms with Crippen LogP contribution in [0.5, 0.6) is 0 Å². The fourth-order valence-corrected chi connectivity index (χ4v) is 4.33. The number of halogens is 2. The summed E-state index contributed by atoms with van der Waals surface area (Å²) in [6, 6.07) is 21.5. The van der Waals surface area contributed by atoms with Gasteiger partial charge in [0.15, 0.2) is 0 Å². The Morgan fingerprint density at radius 1 is 0.973 bits per heavy atom. The van der Waals surface area contributed by atoms with E-state index in [0.717, 1.165) is 16.0 Å². The van der Waals surface area contributed by atoms with E-state index in [4.69, 9.17) is 0 Å². The number of thiophene rings is 1. The van der Waals surface area contributed by atoms with E-state index in [9.17, 15) is 13.6 Å². The van der Waals surface area contributed by atoms with Gasteiger partial charge in [-0.15, -0.1) is 11.3 Å². The monoisotopic (exact) mass is 527 g/mol. The van der Waals surface area contributed by atoms with E-state index in [0.29, 0.717) is 25.1 Å². The van der Waals surface area contributed by atoms with Crippen molar-refractivity contribution in [2.75, 3.05) is 6.54 Å². The molecule has 6 heteroatoms. The van der Waals surface area contributed by atoms with Gasteiger partial charge in [-0.3, -0.25) is 4.79 Å². The van der Waals surface area contributed by atoms with Gasteiger partial charge in [-0.25, -0.2) is 0 Å². The topological polar surface area (TPSA) is 29.5 Å². The van der Waals surface area contributed by atoms with Gasteiger partial charge in [0.05, 0.1) is 0 Å². The van der Waals surface area contributed by atoms with Crippen LogP contribution in [-0.4, -0.2) is 24.0 Å². The third kappa shape index (κ3) is 10.7. The summed E-state index contributed by atoms with van der Waals surface area (Å²) in [5, 5.41) is 0. The molecule has 0 saturated heterocycles. The molecule has 0 fully saturated rings. The third-order valence-electron chi connectivity index (χ3n) is 5.02. The molecule has 0 radical (unpaired) electrons. The zero-order valence-corrected chi connectivity index (χ0v) is 23.5. The van der Waals surface area contributed by atoms with Crippen LogP contribution in [0.25, 0.3) is 10.4 Å². The molecule has 1 heterocycles. The number of ether oxygens (including phenoxy) is 1. The van der Waals surface area contributed by atoms with Crippen LogP contribution >= 0.6 is 11.3 Å². The Hall–Kier alpha value is -3.25. The molecule has 1 aromatic heterocycles. The molecule has 0 aliphatic rings. The lowest BCUT2D eigenvalue weighted by Crippen LogP contribution is -2.31. The summed E-state index contributed by atoms with van der Waals surface area (Å²) >= 11 is 1.66. The number of hydrogen-bond acceptors (Lipinski definition) is 3. The van der Waals surface area contributed by atoms with Crippen molar-refractivity contribution in [3.05, 3.63) is 107 Å². The summed E-state index contributed by atoms with van der Waals surface area (Å²) in [5.41, 5.74) is 2.58. The minimum absolute atomic E-state index is 0.0657. The second-order valence-corrected chi connectivity index (χ2v) is 8.72. The molecule has 2 aromatic carbocycles. The Morgan fingerprint density at radius 2 is 1.62 bits per heavy atom. The Labute approximate surface area is 225 Å². The van der Waals surface area contributed by atoms with Gasteiger partial charge < -0.3 is 9.64 Å². The highest BCUT2D eigenvalue weighted by atomic mass is 32.1. The number of amides is 1. The maximum absolute atomic E-state index is 13.7. The highest BCUT2D eigenvalue weighted by Gasteiger charge is 2.20. The molecule has 0 unspecified atom stereocenters. The second-order valence-electron chi connectivity index (χ2n) is 7.43. The molecule has 3 aromatic rings. The number of alkyl halides is 2. The van der Waals surface area contributed by atoms with Crippen molar-refractivity contribution in [3.8, 4) is 10.4 Å². The first-order chi connectivity index (χ1) is 18.0. The van der Waals surface area contributed by atoms with Crippen LogP contribution in [0.1, 0.15) is 61.8 Å². The summed E-state index contributed by atoms with van der Waals surface area (Å²) in [6.45, 7) is 9.71. The van der Waals surface area contributed by atoms with Gasteiger partial charge in [0.2, 0.25) is 0 Å². The molecule has 0 aliphatic carbocycles. The highest BCUT2D eigenvalue weighted by Crippen LogP contribution is 2.31. The predicted octanol–water partition coefficient (Wildman–Crippen LogP) is 9.51. The van der Waals surface area contributed by atoms with Gasteiger partial charge in [-0.05, 0) is 56.2 Å². The van der Waals surface area contributed by atoms with E-state index in [2.05, 4.69) is 4.74 Å². The van der Waals surface area contributed by atoms with E-state index >= 15 is 0 Å². The van der Waals surface area contributed by atoms with Gasteiger partial charge in [0.25, 0.3) is 5.91 Å². The Balaban J connectivity index is 0.00000163. The van der Waals surface area contributed by atoms with Gasteiger partial charge in [-0.2, -0.15) is 8.78 Å². The maximum atomic E-state index is 13.7. The van der Waals surface area contributed by atoms with Crippen LogP contribution in [0.2, 0.25) is 0 Å². The molecular weight excluding hydrogens is 488 g/mol. The lowest BCUT2D eigenvalue weighted by Gasteiger charge is -2.23. The fraction of sp³-hybridized carbons (Fsp3) is 0.323. The summed E-state index contributed by atoms with van der Waals surface area (Å²) in [4.78, 5) is 17.7. The molecule has 3 rings (SSSR count). The van der Waals surface area contributed by atoms with Crippen LogP contribution in [0, 0.1) is 6.92 Å². The van der Waals surface area contributed by atoms with Gasteiger partial charge in [0, 0.05) is 34.0 Å². The van der Waals surface area contributed by atoms with Gasteiger partial charge in [-0.1, -0.05) is 82.3 Å².